The van der Waals surface area contributed by atoms with Crippen molar-refractivity contribution in [1.29, 1.82) is 0 Å². The molecule has 3 nitrogen and oxygen atoms in total. The standard InChI is InChI=1S/C22H35N3S/c1-16-8-5-6-11-20(16)24(4)19-12-14-25(15-13-19)22(26)23-21-17(2)9-7-10-18(21)3/h7,9-10,16,19-20H,5-6,8,11-15H2,1-4H3,(H,23,26). The van der Waals surface area contributed by atoms with Crippen LogP contribution in [0.4, 0.5) is 5.69 Å². The van der Waals surface area contributed by atoms with Crippen molar-refractivity contribution in [2.75, 3.05) is 25.5 Å². The van der Waals surface area contributed by atoms with Crippen molar-refractivity contribution in [3.05, 3.63) is 29.3 Å². The molecule has 1 aliphatic heterocycles. The Hall–Kier alpha value is -1.13. The van der Waals surface area contributed by atoms with Crippen LogP contribution in [0.5, 0.6) is 0 Å². The third-order valence-corrected chi connectivity index (χ3v) is 6.99. The van der Waals surface area contributed by atoms with Gasteiger partial charge in [-0.1, -0.05) is 38.0 Å². The minimum Gasteiger partial charge on any atom is -0.349 e. The third kappa shape index (κ3) is 4.40. The van der Waals surface area contributed by atoms with Crippen LogP contribution in [0.25, 0.3) is 0 Å². The lowest BCUT2D eigenvalue weighted by Crippen LogP contribution is -2.51. The number of nitrogens with zero attached hydrogens (tertiary/aromatic N) is 2. The van der Waals surface area contributed by atoms with Gasteiger partial charge in [-0.2, -0.15) is 0 Å². The van der Waals surface area contributed by atoms with Gasteiger partial charge in [-0.3, -0.25) is 0 Å². The van der Waals surface area contributed by atoms with Crippen molar-refractivity contribution in [1.82, 2.24) is 9.80 Å². The molecule has 2 atom stereocenters. The quantitative estimate of drug-likeness (QED) is 0.753. The zero-order valence-electron chi connectivity index (χ0n) is 16.9. The van der Waals surface area contributed by atoms with Crippen molar-refractivity contribution < 1.29 is 0 Å². The van der Waals surface area contributed by atoms with Gasteiger partial charge in [0, 0.05) is 30.9 Å². The molecular formula is C22H35N3S. The van der Waals surface area contributed by atoms with E-state index in [2.05, 4.69) is 61.1 Å². The van der Waals surface area contributed by atoms with Gasteiger partial charge >= 0.3 is 0 Å². The van der Waals surface area contributed by atoms with E-state index in [1.165, 1.54) is 55.3 Å². The van der Waals surface area contributed by atoms with Gasteiger partial charge in [0.2, 0.25) is 0 Å². The average molecular weight is 374 g/mol. The summed E-state index contributed by atoms with van der Waals surface area (Å²) in [7, 11) is 2.36. The molecule has 2 aliphatic rings. The monoisotopic (exact) mass is 373 g/mol. The second-order valence-corrected chi connectivity index (χ2v) is 8.80. The van der Waals surface area contributed by atoms with Crippen LogP contribution in [-0.2, 0) is 0 Å². The van der Waals surface area contributed by atoms with E-state index in [1.807, 2.05) is 0 Å². The van der Waals surface area contributed by atoms with E-state index in [9.17, 15) is 0 Å². The highest BCUT2D eigenvalue weighted by Crippen LogP contribution is 2.30. The fourth-order valence-corrected chi connectivity index (χ4v) is 5.13. The van der Waals surface area contributed by atoms with E-state index in [1.54, 1.807) is 0 Å². The molecular weight excluding hydrogens is 338 g/mol. The van der Waals surface area contributed by atoms with Crippen LogP contribution in [0, 0.1) is 19.8 Å². The number of aryl methyl sites for hydroxylation is 2. The first-order chi connectivity index (χ1) is 12.5. The average Bonchev–Trinajstić information content (AvgIpc) is 2.65. The summed E-state index contributed by atoms with van der Waals surface area (Å²) in [4.78, 5) is 5.05. The highest BCUT2D eigenvalue weighted by molar-refractivity contribution is 7.80. The zero-order chi connectivity index (χ0) is 18.7. The summed E-state index contributed by atoms with van der Waals surface area (Å²) in [6.07, 6.45) is 8.04. The minimum absolute atomic E-state index is 0.708. The van der Waals surface area contributed by atoms with Crippen molar-refractivity contribution in [3.63, 3.8) is 0 Å². The van der Waals surface area contributed by atoms with E-state index in [4.69, 9.17) is 12.2 Å². The van der Waals surface area contributed by atoms with E-state index < -0.39 is 0 Å². The summed E-state index contributed by atoms with van der Waals surface area (Å²) >= 11 is 5.72. The van der Waals surface area contributed by atoms with Crippen LogP contribution in [0.3, 0.4) is 0 Å². The molecule has 1 heterocycles. The third-order valence-electron chi connectivity index (χ3n) is 6.63. The topological polar surface area (TPSA) is 18.5 Å². The van der Waals surface area contributed by atoms with Gasteiger partial charge in [-0.05, 0) is 75.8 Å². The van der Waals surface area contributed by atoms with Gasteiger partial charge in [0.1, 0.15) is 0 Å². The lowest BCUT2D eigenvalue weighted by atomic mass is 9.84. The van der Waals surface area contributed by atoms with Gasteiger partial charge in [0.15, 0.2) is 5.11 Å². The molecule has 0 bridgehead atoms. The molecule has 144 valence electrons. The van der Waals surface area contributed by atoms with Crippen LogP contribution in [0.1, 0.15) is 56.6 Å². The minimum atomic E-state index is 0.708. The molecule has 2 unspecified atom stereocenters. The molecule has 0 aromatic heterocycles. The van der Waals surface area contributed by atoms with Crippen molar-refractivity contribution >= 4 is 23.0 Å². The van der Waals surface area contributed by atoms with Crippen LogP contribution < -0.4 is 5.32 Å². The summed E-state index contributed by atoms with van der Waals surface area (Å²) in [6.45, 7) is 8.85. The number of hydrogen-bond acceptors (Lipinski definition) is 2. The molecule has 1 saturated carbocycles. The SMILES string of the molecule is Cc1cccc(C)c1NC(=S)N1CCC(N(C)C2CCCCC2C)CC1. The first kappa shape index (κ1) is 19.6. The second-order valence-electron chi connectivity index (χ2n) is 8.41. The van der Waals surface area contributed by atoms with Gasteiger partial charge in [-0.15, -0.1) is 0 Å². The van der Waals surface area contributed by atoms with E-state index in [0.29, 0.717) is 6.04 Å². The largest absolute Gasteiger partial charge is 0.349 e. The van der Waals surface area contributed by atoms with Crippen molar-refractivity contribution in [3.8, 4) is 0 Å². The van der Waals surface area contributed by atoms with Gasteiger partial charge in [0.25, 0.3) is 0 Å². The molecule has 0 spiro atoms. The van der Waals surface area contributed by atoms with Crippen molar-refractivity contribution in [2.45, 2.75) is 71.4 Å². The van der Waals surface area contributed by atoms with E-state index >= 15 is 0 Å². The first-order valence-electron chi connectivity index (χ1n) is 10.3. The molecule has 0 amide bonds. The van der Waals surface area contributed by atoms with Crippen LogP contribution in [0.15, 0.2) is 18.2 Å². The Kier molecular flexibility index (Phi) is 6.57. The Morgan fingerprint density at radius 2 is 1.69 bits per heavy atom. The molecule has 2 fully saturated rings. The lowest BCUT2D eigenvalue weighted by Gasteiger charge is -2.44. The molecule has 26 heavy (non-hydrogen) atoms. The Labute approximate surface area is 165 Å². The highest BCUT2D eigenvalue weighted by Gasteiger charge is 2.31. The maximum absolute atomic E-state index is 5.72. The van der Waals surface area contributed by atoms with Crippen LogP contribution in [-0.4, -0.2) is 47.1 Å². The fraction of sp³-hybridized carbons (Fsp3) is 0.682. The maximum atomic E-state index is 5.72. The van der Waals surface area contributed by atoms with Gasteiger partial charge < -0.3 is 15.1 Å². The number of hydrogen-bond donors (Lipinski definition) is 1. The number of piperidine rings is 1. The van der Waals surface area contributed by atoms with Crippen molar-refractivity contribution in [2.24, 2.45) is 5.92 Å². The van der Waals surface area contributed by atoms with E-state index in [0.717, 1.165) is 30.2 Å². The number of likely N-dealkylation sites (tertiary alicyclic amines) is 1. The summed E-state index contributed by atoms with van der Waals surface area (Å²) in [6, 6.07) is 7.88. The number of para-hydroxylation sites is 1. The first-order valence-corrected chi connectivity index (χ1v) is 10.7. The lowest BCUT2D eigenvalue weighted by molar-refractivity contribution is 0.0691. The summed E-state index contributed by atoms with van der Waals surface area (Å²) in [5, 5.41) is 4.39. The normalized spacial score (nSPS) is 24.7. The number of rotatable bonds is 3. The number of thiocarbonyl (C=S) groups is 1. The Morgan fingerprint density at radius 3 is 2.31 bits per heavy atom. The predicted octanol–water partition coefficient (Wildman–Crippen LogP) is 4.98. The van der Waals surface area contributed by atoms with E-state index in [-0.39, 0.29) is 0 Å². The molecule has 4 heteroatoms. The Morgan fingerprint density at radius 1 is 1.08 bits per heavy atom. The molecule has 3 rings (SSSR count). The highest BCUT2D eigenvalue weighted by atomic mass is 32.1. The fourth-order valence-electron chi connectivity index (χ4n) is 4.85. The Balaban J connectivity index is 1.54. The van der Waals surface area contributed by atoms with Crippen LogP contribution in [0.2, 0.25) is 0 Å². The van der Waals surface area contributed by atoms with Crippen LogP contribution >= 0.6 is 12.2 Å². The summed E-state index contributed by atoms with van der Waals surface area (Å²) < 4.78 is 0. The number of benzene rings is 1. The molecule has 1 aromatic carbocycles. The van der Waals surface area contributed by atoms with Gasteiger partial charge in [-0.25, -0.2) is 0 Å². The molecule has 0 radical (unpaired) electrons. The zero-order valence-corrected chi connectivity index (χ0v) is 17.7. The second kappa shape index (κ2) is 8.71. The Bertz CT molecular complexity index is 602. The number of nitrogens with one attached hydrogen (secondary N) is 1. The predicted molar refractivity (Wildman–Crippen MR) is 116 cm³/mol. The summed E-state index contributed by atoms with van der Waals surface area (Å²) in [5.41, 5.74) is 3.69. The summed E-state index contributed by atoms with van der Waals surface area (Å²) in [5.74, 6) is 0.846. The van der Waals surface area contributed by atoms with Gasteiger partial charge in [0.05, 0.1) is 0 Å². The smallest absolute Gasteiger partial charge is 0.173 e. The number of anilines is 1. The molecule has 1 saturated heterocycles. The maximum Gasteiger partial charge on any atom is 0.173 e. The molecule has 1 aliphatic carbocycles. The molecule has 1 N–H and O–H groups in total. The molecule has 1 aromatic rings.